The minimum Gasteiger partial charge on any atom is -0.481 e. The Balaban J connectivity index is 2.02. The van der Waals surface area contributed by atoms with Crippen LogP contribution in [-0.4, -0.2) is 38.2 Å². The zero-order valence-electron chi connectivity index (χ0n) is 10.4. The third-order valence-corrected chi connectivity index (χ3v) is 3.23. The van der Waals surface area contributed by atoms with Crippen molar-refractivity contribution in [3.63, 3.8) is 0 Å². The second kappa shape index (κ2) is 5.20. The molecule has 6 nitrogen and oxygen atoms in total. The van der Waals surface area contributed by atoms with Crippen LogP contribution in [-0.2, 0) is 22.7 Å². The summed E-state index contributed by atoms with van der Waals surface area (Å²) in [6, 6.07) is 0. The van der Waals surface area contributed by atoms with E-state index in [0.29, 0.717) is 25.9 Å². The van der Waals surface area contributed by atoms with Gasteiger partial charge < -0.3 is 10.0 Å². The number of carbonyl (C=O) groups is 2. The van der Waals surface area contributed by atoms with Gasteiger partial charge in [-0.3, -0.25) is 14.3 Å². The molecule has 0 radical (unpaired) electrons. The summed E-state index contributed by atoms with van der Waals surface area (Å²) in [4.78, 5) is 24.3. The number of aromatic nitrogens is 2. The summed E-state index contributed by atoms with van der Waals surface area (Å²) in [5.74, 6) is -1.24. The van der Waals surface area contributed by atoms with E-state index in [2.05, 4.69) is 5.10 Å². The molecule has 1 N–H and O–H groups in total. The number of aliphatic carboxylic acids is 1. The number of hydrogen-bond donors (Lipinski definition) is 1. The molecule has 1 saturated heterocycles. The van der Waals surface area contributed by atoms with E-state index < -0.39 is 11.9 Å². The molecular weight excluding hydrogens is 234 g/mol. The molecule has 1 aliphatic rings. The van der Waals surface area contributed by atoms with Crippen LogP contribution >= 0.6 is 0 Å². The van der Waals surface area contributed by atoms with E-state index in [4.69, 9.17) is 5.11 Å². The molecule has 0 spiro atoms. The van der Waals surface area contributed by atoms with Crippen LogP contribution in [0.5, 0.6) is 0 Å². The molecule has 1 atom stereocenters. The van der Waals surface area contributed by atoms with E-state index in [1.54, 1.807) is 15.8 Å². The van der Waals surface area contributed by atoms with Gasteiger partial charge in [-0.25, -0.2) is 0 Å². The highest BCUT2D eigenvalue weighted by molar-refractivity contribution is 5.80. The first kappa shape index (κ1) is 12.6. The lowest BCUT2D eigenvalue weighted by Crippen LogP contribution is -2.41. The molecule has 2 heterocycles. The highest BCUT2D eigenvalue weighted by atomic mass is 16.4. The monoisotopic (exact) mass is 251 g/mol. The normalized spacial score (nSPS) is 20.2. The summed E-state index contributed by atoms with van der Waals surface area (Å²) in [6.07, 6.45) is 4.37. The first-order valence-corrected chi connectivity index (χ1v) is 6.12. The van der Waals surface area contributed by atoms with Crippen LogP contribution < -0.4 is 0 Å². The van der Waals surface area contributed by atoms with Crippen LogP contribution in [0.4, 0.5) is 0 Å². The molecule has 0 aromatic carbocycles. The van der Waals surface area contributed by atoms with Crippen molar-refractivity contribution in [1.29, 1.82) is 0 Å². The molecule has 1 amide bonds. The van der Waals surface area contributed by atoms with Gasteiger partial charge in [0, 0.05) is 37.8 Å². The standard InChI is InChI=1S/C12H17N3O3/c1-2-15-7-9(5-13-15)6-14-8-10(12(17)18)3-4-11(14)16/h5,7,10H,2-4,6,8H2,1H3,(H,17,18). The van der Waals surface area contributed by atoms with E-state index in [-0.39, 0.29) is 5.91 Å². The fourth-order valence-corrected chi connectivity index (χ4v) is 2.15. The summed E-state index contributed by atoms with van der Waals surface area (Å²) in [7, 11) is 0. The smallest absolute Gasteiger partial charge is 0.308 e. The topological polar surface area (TPSA) is 75.4 Å². The average molecular weight is 251 g/mol. The summed E-state index contributed by atoms with van der Waals surface area (Å²) < 4.78 is 1.79. The lowest BCUT2D eigenvalue weighted by atomic mass is 9.97. The number of carboxylic acid groups (broad SMARTS) is 1. The lowest BCUT2D eigenvalue weighted by molar-refractivity contribution is -0.147. The average Bonchev–Trinajstić information content (AvgIpc) is 2.79. The molecule has 6 heteroatoms. The molecule has 1 aromatic rings. The Kier molecular flexibility index (Phi) is 3.64. The molecule has 98 valence electrons. The Bertz CT molecular complexity index is 455. The first-order valence-electron chi connectivity index (χ1n) is 6.12. The second-order valence-electron chi connectivity index (χ2n) is 4.55. The highest BCUT2D eigenvalue weighted by Gasteiger charge is 2.30. The Hall–Kier alpha value is -1.85. The molecule has 0 aliphatic carbocycles. The first-order chi connectivity index (χ1) is 8.60. The zero-order valence-corrected chi connectivity index (χ0v) is 10.4. The Morgan fingerprint density at radius 2 is 2.39 bits per heavy atom. The number of amides is 1. The quantitative estimate of drug-likeness (QED) is 0.855. The van der Waals surface area contributed by atoms with Gasteiger partial charge in [0.2, 0.25) is 5.91 Å². The van der Waals surface area contributed by atoms with Crippen molar-refractivity contribution in [3.05, 3.63) is 18.0 Å². The highest BCUT2D eigenvalue weighted by Crippen LogP contribution is 2.19. The maximum atomic E-state index is 11.7. The van der Waals surface area contributed by atoms with Crippen LogP contribution in [0, 0.1) is 5.92 Å². The minimum atomic E-state index is -0.822. The number of hydrogen-bond acceptors (Lipinski definition) is 3. The van der Waals surface area contributed by atoms with Crippen LogP contribution in [0.2, 0.25) is 0 Å². The van der Waals surface area contributed by atoms with Gasteiger partial charge in [0.1, 0.15) is 0 Å². The molecular formula is C12H17N3O3. The molecule has 0 bridgehead atoms. The number of carboxylic acids is 1. The fourth-order valence-electron chi connectivity index (χ4n) is 2.15. The number of likely N-dealkylation sites (tertiary alicyclic amines) is 1. The summed E-state index contributed by atoms with van der Waals surface area (Å²) in [5, 5.41) is 13.1. The van der Waals surface area contributed by atoms with Gasteiger partial charge in [0.05, 0.1) is 12.1 Å². The van der Waals surface area contributed by atoms with E-state index in [0.717, 1.165) is 12.1 Å². The molecule has 1 aliphatic heterocycles. The van der Waals surface area contributed by atoms with Gasteiger partial charge >= 0.3 is 5.97 Å². The second-order valence-corrected chi connectivity index (χ2v) is 4.55. The fraction of sp³-hybridized carbons (Fsp3) is 0.583. The summed E-state index contributed by atoms with van der Waals surface area (Å²) >= 11 is 0. The van der Waals surface area contributed by atoms with E-state index >= 15 is 0 Å². The van der Waals surface area contributed by atoms with Crippen molar-refractivity contribution in [3.8, 4) is 0 Å². The maximum absolute atomic E-state index is 11.7. The number of carbonyl (C=O) groups excluding carboxylic acids is 1. The largest absolute Gasteiger partial charge is 0.481 e. The predicted molar refractivity (Wildman–Crippen MR) is 63.7 cm³/mol. The van der Waals surface area contributed by atoms with Crippen molar-refractivity contribution in [1.82, 2.24) is 14.7 Å². The molecule has 2 rings (SSSR count). The summed E-state index contributed by atoms with van der Waals surface area (Å²) in [6.45, 7) is 3.52. The van der Waals surface area contributed by atoms with Gasteiger partial charge in [-0.15, -0.1) is 0 Å². The van der Waals surface area contributed by atoms with E-state index in [1.807, 2.05) is 13.1 Å². The van der Waals surface area contributed by atoms with Crippen molar-refractivity contribution in [2.75, 3.05) is 6.54 Å². The number of piperidine rings is 1. The number of aryl methyl sites for hydroxylation is 1. The lowest BCUT2D eigenvalue weighted by Gasteiger charge is -2.30. The predicted octanol–water partition coefficient (Wildman–Crippen LogP) is 0.726. The van der Waals surface area contributed by atoms with Crippen LogP contribution in [0.25, 0.3) is 0 Å². The van der Waals surface area contributed by atoms with E-state index in [1.165, 1.54) is 0 Å². The number of nitrogens with zero attached hydrogens (tertiary/aromatic N) is 3. The molecule has 1 fully saturated rings. The molecule has 18 heavy (non-hydrogen) atoms. The van der Waals surface area contributed by atoms with Gasteiger partial charge in [0.15, 0.2) is 0 Å². The van der Waals surface area contributed by atoms with E-state index in [9.17, 15) is 9.59 Å². The zero-order chi connectivity index (χ0) is 13.1. The third kappa shape index (κ3) is 2.69. The van der Waals surface area contributed by atoms with Crippen LogP contribution in [0.3, 0.4) is 0 Å². The Labute approximate surface area is 105 Å². The minimum absolute atomic E-state index is 0.0248. The van der Waals surface area contributed by atoms with Gasteiger partial charge in [-0.05, 0) is 13.3 Å². The third-order valence-electron chi connectivity index (χ3n) is 3.23. The van der Waals surface area contributed by atoms with Gasteiger partial charge in [-0.2, -0.15) is 5.10 Å². The van der Waals surface area contributed by atoms with Crippen LogP contribution in [0.15, 0.2) is 12.4 Å². The SMILES string of the molecule is CCn1cc(CN2CC(C(=O)O)CCC2=O)cn1. The number of rotatable bonds is 4. The Morgan fingerprint density at radius 1 is 1.61 bits per heavy atom. The van der Waals surface area contributed by atoms with Crippen molar-refractivity contribution in [2.45, 2.75) is 32.9 Å². The molecule has 0 saturated carbocycles. The summed E-state index contributed by atoms with van der Waals surface area (Å²) in [5.41, 5.74) is 0.941. The van der Waals surface area contributed by atoms with Gasteiger partial charge in [-0.1, -0.05) is 0 Å². The van der Waals surface area contributed by atoms with Crippen molar-refractivity contribution in [2.24, 2.45) is 5.92 Å². The molecule has 1 aromatic heterocycles. The van der Waals surface area contributed by atoms with Gasteiger partial charge in [0.25, 0.3) is 0 Å². The Morgan fingerprint density at radius 3 is 3.00 bits per heavy atom. The van der Waals surface area contributed by atoms with Crippen molar-refractivity contribution >= 4 is 11.9 Å². The maximum Gasteiger partial charge on any atom is 0.308 e. The molecule has 1 unspecified atom stereocenters. The van der Waals surface area contributed by atoms with Crippen molar-refractivity contribution < 1.29 is 14.7 Å². The van der Waals surface area contributed by atoms with Crippen LogP contribution in [0.1, 0.15) is 25.3 Å².